The summed E-state index contributed by atoms with van der Waals surface area (Å²) in [6.07, 6.45) is 0.762. The molecule has 1 unspecified atom stereocenters. The number of benzene rings is 1. The lowest BCUT2D eigenvalue weighted by molar-refractivity contribution is 0.0929. The van der Waals surface area contributed by atoms with Gasteiger partial charge in [-0.05, 0) is 31.0 Å². The summed E-state index contributed by atoms with van der Waals surface area (Å²) < 4.78 is 27.7. The third-order valence-corrected chi connectivity index (χ3v) is 4.35. The fourth-order valence-corrected chi connectivity index (χ4v) is 2.69. The van der Waals surface area contributed by atoms with Gasteiger partial charge >= 0.3 is 0 Å². The Labute approximate surface area is 116 Å². The minimum atomic E-state index is -3.84. The molecular weight excluding hydrogens is 290 g/mol. The van der Waals surface area contributed by atoms with Crippen LogP contribution < -0.4 is 5.32 Å². The second-order valence-corrected chi connectivity index (χ2v) is 7.01. The van der Waals surface area contributed by atoms with Gasteiger partial charge in [0.25, 0.3) is 15.0 Å². The second-order valence-electron chi connectivity index (χ2n) is 4.45. The first-order chi connectivity index (χ1) is 8.88. The van der Waals surface area contributed by atoms with Crippen LogP contribution in [0.4, 0.5) is 0 Å². The number of amides is 1. The molecule has 1 aromatic carbocycles. The topological polar surface area (TPSA) is 72.5 Å². The molecule has 7 heteroatoms. The Kier molecular flexibility index (Phi) is 4.13. The molecule has 5 nitrogen and oxygen atoms in total. The average Bonchev–Trinajstić information content (AvgIpc) is 2.80. The molecule has 1 aliphatic rings. The van der Waals surface area contributed by atoms with E-state index < -0.39 is 9.05 Å². The molecule has 1 aliphatic heterocycles. The number of aryl methyl sites for hydroxylation is 1. The van der Waals surface area contributed by atoms with Gasteiger partial charge in [0.15, 0.2) is 0 Å². The fraction of sp³-hybridized carbons (Fsp3) is 0.417. The van der Waals surface area contributed by atoms with Crippen LogP contribution in [0.1, 0.15) is 22.3 Å². The molecule has 1 amide bonds. The molecule has 104 valence electrons. The maximum absolute atomic E-state index is 12.1. The summed E-state index contributed by atoms with van der Waals surface area (Å²) in [5, 5.41) is 2.81. The summed E-state index contributed by atoms with van der Waals surface area (Å²) in [4.78, 5) is 12.0. The van der Waals surface area contributed by atoms with Gasteiger partial charge in [-0.3, -0.25) is 4.79 Å². The van der Waals surface area contributed by atoms with Crippen LogP contribution in [0.5, 0.6) is 0 Å². The van der Waals surface area contributed by atoms with Crippen molar-refractivity contribution in [1.82, 2.24) is 5.32 Å². The Hall–Kier alpha value is -1.11. The molecule has 1 atom stereocenters. The minimum Gasteiger partial charge on any atom is -0.379 e. The van der Waals surface area contributed by atoms with E-state index >= 15 is 0 Å². The van der Waals surface area contributed by atoms with E-state index in [0.29, 0.717) is 24.3 Å². The Morgan fingerprint density at radius 2 is 2.21 bits per heavy atom. The predicted molar refractivity (Wildman–Crippen MR) is 70.9 cm³/mol. The quantitative estimate of drug-likeness (QED) is 0.858. The van der Waals surface area contributed by atoms with Crippen LogP contribution in [0.2, 0.25) is 0 Å². The highest BCUT2D eigenvalue weighted by atomic mass is 35.7. The van der Waals surface area contributed by atoms with E-state index in [1.165, 1.54) is 12.1 Å². The average molecular weight is 304 g/mol. The second kappa shape index (κ2) is 5.48. The van der Waals surface area contributed by atoms with Crippen molar-refractivity contribution in [2.24, 2.45) is 0 Å². The largest absolute Gasteiger partial charge is 0.379 e. The maximum atomic E-state index is 12.1. The van der Waals surface area contributed by atoms with Gasteiger partial charge in [-0.15, -0.1) is 0 Å². The van der Waals surface area contributed by atoms with Gasteiger partial charge in [0, 0.05) is 22.9 Å². The van der Waals surface area contributed by atoms with E-state index in [1.807, 2.05) is 0 Å². The van der Waals surface area contributed by atoms with Crippen molar-refractivity contribution < 1.29 is 17.9 Å². The Bertz CT molecular complexity index is 594. The van der Waals surface area contributed by atoms with Crippen LogP contribution in [0.15, 0.2) is 23.1 Å². The molecule has 1 N–H and O–H groups in total. The molecule has 0 aromatic heterocycles. The third-order valence-electron chi connectivity index (χ3n) is 3.00. The van der Waals surface area contributed by atoms with Crippen LogP contribution in [0.3, 0.4) is 0 Å². The van der Waals surface area contributed by atoms with Crippen molar-refractivity contribution in [3.63, 3.8) is 0 Å². The van der Waals surface area contributed by atoms with Crippen molar-refractivity contribution >= 4 is 25.6 Å². The van der Waals surface area contributed by atoms with E-state index in [0.717, 1.165) is 6.42 Å². The van der Waals surface area contributed by atoms with Crippen molar-refractivity contribution in [3.8, 4) is 0 Å². The number of hydrogen-bond acceptors (Lipinski definition) is 4. The highest BCUT2D eigenvalue weighted by molar-refractivity contribution is 8.13. The number of carbonyl (C=O) groups excluding carboxylic acids is 1. The number of ether oxygens (including phenoxy) is 1. The van der Waals surface area contributed by atoms with Gasteiger partial charge in [0.1, 0.15) is 0 Å². The lowest BCUT2D eigenvalue weighted by Gasteiger charge is -2.12. The monoisotopic (exact) mass is 303 g/mol. The van der Waals surface area contributed by atoms with Gasteiger partial charge in [-0.2, -0.15) is 0 Å². The molecule has 1 saturated heterocycles. The Balaban J connectivity index is 2.25. The van der Waals surface area contributed by atoms with Crippen LogP contribution in [0, 0.1) is 6.92 Å². The molecule has 1 fully saturated rings. The highest BCUT2D eigenvalue weighted by Gasteiger charge is 2.21. The highest BCUT2D eigenvalue weighted by Crippen LogP contribution is 2.19. The van der Waals surface area contributed by atoms with Crippen LogP contribution in [0.25, 0.3) is 0 Å². The molecule has 0 radical (unpaired) electrons. The summed E-state index contributed by atoms with van der Waals surface area (Å²) in [5.41, 5.74) is 1.01. The number of halogens is 1. The molecule has 0 saturated carbocycles. The van der Waals surface area contributed by atoms with Gasteiger partial charge in [0.05, 0.1) is 17.5 Å². The summed E-state index contributed by atoms with van der Waals surface area (Å²) in [7, 11) is 1.44. The molecule has 2 rings (SSSR count). The first kappa shape index (κ1) is 14.3. The van der Waals surface area contributed by atoms with Crippen molar-refractivity contribution in [1.29, 1.82) is 0 Å². The zero-order chi connectivity index (χ0) is 14.0. The predicted octanol–water partition coefficient (Wildman–Crippen LogP) is 1.44. The Morgan fingerprint density at radius 3 is 2.79 bits per heavy atom. The van der Waals surface area contributed by atoms with E-state index in [1.54, 1.807) is 13.0 Å². The van der Waals surface area contributed by atoms with Crippen molar-refractivity contribution in [3.05, 3.63) is 29.3 Å². The number of nitrogens with one attached hydrogen (secondary N) is 1. The molecule has 1 heterocycles. The summed E-state index contributed by atoms with van der Waals surface area (Å²) in [6.45, 7) is 2.85. The van der Waals surface area contributed by atoms with Gasteiger partial charge < -0.3 is 10.1 Å². The number of rotatable bonds is 3. The van der Waals surface area contributed by atoms with Crippen LogP contribution in [-0.4, -0.2) is 33.6 Å². The molecule has 1 aromatic rings. The van der Waals surface area contributed by atoms with E-state index in [4.69, 9.17) is 15.4 Å². The molecule has 19 heavy (non-hydrogen) atoms. The zero-order valence-electron chi connectivity index (χ0n) is 10.3. The van der Waals surface area contributed by atoms with Crippen molar-refractivity contribution in [2.75, 3.05) is 13.2 Å². The number of carbonyl (C=O) groups is 1. The molecule has 0 aliphatic carbocycles. The van der Waals surface area contributed by atoms with E-state index in [2.05, 4.69) is 5.32 Å². The van der Waals surface area contributed by atoms with Gasteiger partial charge in [-0.1, -0.05) is 6.07 Å². The molecular formula is C12H14ClNO4S. The van der Waals surface area contributed by atoms with Gasteiger partial charge in [-0.25, -0.2) is 8.42 Å². The standard InChI is InChI=1S/C12H14ClNO4S/c1-8-2-3-10(19(13,16)17)6-11(8)12(15)14-9-4-5-18-7-9/h2-3,6,9H,4-5,7H2,1H3,(H,14,15). The zero-order valence-corrected chi connectivity index (χ0v) is 11.9. The SMILES string of the molecule is Cc1ccc(S(=O)(=O)Cl)cc1C(=O)NC1CCOC1. The first-order valence-electron chi connectivity index (χ1n) is 5.82. The van der Waals surface area contributed by atoms with Crippen molar-refractivity contribution in [2.45, 2.75) is 24.3 Å². The lowest BCUT2D eigenvalue weighted by Crippen LogP contribution is -2.35. The summed E-state index contributed by atoms with van der Waals surface area (Å²) >= 11 is 0. The maximum Gasteiger partial charge on any atom is 0.261 e. The lowest BCUT2D eigenvalue weighted by atomic mass is 10.1. The fourth-order valence-electron chi connectivity index (χ4n) is 1.91. The first-order valence-corrected chi connectivity index (χ1v) is 8.13. The minimum absolute atomic E-state index is 0.0248. The molecule has 0 bridgehead atoms. The van der Waals surface area contributed by atoms with Crippen LogP contribution in [-0.2, 0) is 13.8 Å². The smallest absolute Gasteiger partial charge is 0.261 e. The van der Waals surface area contributed by atoms with Crippen LogP contribution >= 0.6 is 10.7 Å². The summed E-state index contributed by atoms with van der Waals surface area (Å²) in [6, 6.07) is 4.22. The summed E-state index contributed by atoms with van der Waals surface area (Å²) in [5.74, 6) is -0.310. The van der Waals surface area contributed by atoms with E-state index in [9.17, 15) is 13.2 Å². The third kappa shape index (κ3) is 3.46. The number of hydrogen-bond donors (Lipinski definition) is 1. The molecule has 0 spiro atoms. The Morgan fingerprint density at radius 1 is 1.47 bits per heavy atom. The van der Waals surface area contributed by atoms with Gasteiger partial charge in [0.2, 0.25) is 0 Å². The normalized spacial score (nSPS) is 19.4. The van der Waals surface area contributed by atoms with E-state index in [-0.39, 0.29) is 16.8 Å².